The molecule has 6 aromatic rings. The second-order valence-electron chi connectivity index (χ2n) is 8.55. The van der Waals surface area contributed by atoms with Crippen molar-refractivity contribution in [2.45, 2.75) is 0 Å². The number of rotatable bonds is 6. The molecule has 0 amide bonds. The summed E-state index contributed by atoms with van der Waals surface area (Å²) in [7, 11) is 0. The van der Waals surface area contributed by atoms with E-state index in [2.05, 4.69) is 83.6 Å². The lowest BCUT2D eigenvalue weighted by molar-refractivity contribution is 0.104. The molecule has 2 aromatic heterocycles. The molecule has 172 valence electrons. The minimum Gasteiger partial charge on any atom is -0.289 e. The van der Waals surface area contributed by atoms with Crippen molar-refractivity contribution in [2.24, 2.45) is 0 Å². The Morgan fingerprint density at radius 1 is 0.444 bits per heavy atom. The van der Waals surface area contributed by atoms with E-state index in [9.17, 15) is 4.79 Å². The molecule has 0 fully saturated rings. The maximum atomic E-state index is 14.0. The number of carbonyl (C=O) groups is 1. The molecular formula is C33H22OS2. The predicted octanol–water partition coefficient (Wildman–Crippen LogP) is 9.71. The molecule has 36 heavy (non-hydrogen) atoms. The lowest BCUT2D eigenvalue weighted by atomic mass is 9.93. The number of benzene rings is 4. The second-order valence-corrected chi connectivity index (χ2v) is 10.4. The van der Waals surface area contributed by atoms with Gasteiger partial charge in [-0.1, -0.05) is 109 Å². The first-order valence-electron chi connectivity index (χ1n) is 11.8. The summed E-state index contributed by atoms with van der Waals surface area (Å²) in [6.45, 7) is 0. The fourth-order valence-electron chi connectivity index (χ4n) is 4.46. The van der Waals surface area contributed by atoms with Crippen LogP contribution in [0, 0.1) is 0 Å². The maximum absolute atomic E-state index is 14.0. The van der Waals surface area contributed by atoms with Gasteiger partial charge in [-0.25, -0.2) is 0 Å². The van der Waals surface area contributed by atoms with Crippen LogP contribution in [0.1, 0.15) is 15.9 Å². The Morgan fingerprint density at radius 2 is 0.833 bits per heavy atom. The second kappa shape index (κ2) is 9.90. The van der Waals surface area contributed by atoms with E-state index in [1.54, 1.807) is 22.7 Å². The molecule has 0 atom stereocenters. The Hall–Kier alpha value is -4.05. The zero-order valence-electron chi connectivity index (χ0n) is 19.4. The number of thiophene rings is 2. The van der Waals surface area contributed by atoms with Gasteiger partial charge in [0.25, 0.3) is 0 Å². The third kappa shape index (κ3) is 4.35. The molecule has 3 heteroatoms. The van der Waals surface area contributed by atoms with Crippen molar-refractivity contribution in [1.82, 2.24) is 0 Å². The number of carbonyl (C=O) groups excluding carboxylic acids is 1. The molecule has 2 heterocycles. The van der Waals surface area contributed by atoms with Crippen LogP contribution in [-0.4, -0.2) is 5.78 Å². The molecule has 0 radical (unpaired) electrons. The van der Waals surface area contributed by atoms with Crippen LogP contribution >= 0.6 is 22.7 Å². The Bertz CT molecular complexity index is 1520. The van der Waals surface area contributed by atoms with Gasteiger partial charge in [-0.2, -0.15) is 0 Å². The number of hydrogen-bond acceptors (Lipinski definition) is 3. The van der Waals surface area contributed by atoms with E-state index in [0.717, 1.165) is 32.0 Å². The number of ketones is 1. The lowest BCUT2D eigenvalue weighted by Crippen LogP contribution is -2.04. The summed E-state index contributed by atoms with van der Waals surface area (Å²) in [4.78, 5) is 16.2. The van der Waals surface area contributed by atoms with Gasteiger partial charge in [-0.05, 0) is 45.1 Å². The summed E-state index contributed by atoms with van der Waals surface area (Å²) >= 11 is 3.35. The minimum absolute atomic E-state index is 0.0468. The monoisotopic (exact) mass is 498 g/mol. The Morgan fingerprint density at radius 3 is 1.28 bits per heavy atom. The van der Waals surface area contributed by atoms with Crippen molar-refractivity contribution < 1.29 is 4.79 Å². The van der Waals surface area contributed by atoms with E-state index in [1.807, 2.05) is 48.5 Å². The first kappa shape index (κ1) is 22.4. The lowest BCUT2D eigenvalue weighted by Gasteiger charge is -2.11. The molecule has 0 aliphatic rings. The van der Waals surface area contributed by atoms with Gasteiger partial charge >= 0.3 is 0 Å². The summed E-state index contributed by atoms with van der Waals surface area (Å²) in [6, 6.07) is 41.0. The molecule has 1 nitrogen and oxygen atoms in total. The van der Waals surface area contributed by atoms with Crippen molar-refractivity contribution in [1.29, 1.82) is 0 Å². The SMILES string of the molecule is O=C(c1ccccc1-c1cc(-c2ccccc2)cs1)c1ccccc1-c1cc(-c2ccccc2)cs1. The zero-order valence-corrected chi connectivity index (χ0v) is 21.1. The fraction of sp³-hybridized carbons (Fsp3) is 0. The summed E-state index contributed by atoms with van der Waals surface area (Å²) in [5, 5.41) is 4.33. The van der Waals surface area contributed by atoms with Crippen LogP contribution in [0.15, 0.2) is 132 Å². The van der Waals surface area contributed by atoms with Gasteiger partial charge in [-0.3, -0.25) is 4.79 Å². The summed E-state index contributed by atoms with van der Waals surface area (Å²) in [5.74, 6) is 0.0468. The minimum atomic E-state index is 0.0468. The Kier molecular flexibility index (Phi) is 6.17. The molecule has 0 aliphatic heterocycles. The quantitative estimate of drug-likeness (QED) is 0.209. The fourth-order valence-corrected chi connectivity index (χ4v) is 6.37. The molecule has 0 saturated carbocycles. The molecule has 0 N–H and O–H groups in total. The predicted molar refractivity (Wildman–Crippen MR) is 154 cm³/mol. The standard InChI is InChI=1S/C33H22OS2/c34-33(29-17-9-7-15-27(29)31-19-25(21-35-31)23-11-3-1-4-12-23)30-18-10-8-16-28(30)32-20-26(22-36-32)24-13-5-2-6-14-24/h1-22H. The largest absolute Gasteiger partial charge is 0.289 e. The molecule has 0 unspecified atom stereocenters. The van der Waals surface area contributed by atoms with Crippen LogP contribution in [0.5, 0.6) is 0 Å². The topological polar surface area (TPSA) is 17.1 Å². The van der Waals surface area contributed by atoms with Crippen LogP contribution in [0.2, 0.25) is 0 Å². The molecule has 4 aromatic carbocycles. The summed E-state index contributed by atoms with van der Waals surface area (Å²) < 4.78 is 0. The van der Waals surface area contributed by atoms with E-state index in [1.165, 1.54) is 22.3 Å². The normalized spacial score (nSPS) is 10.9. The van der Waals surface area contributed by atoms with E-state index >= 15 is 0 Å². The highest BCUT2D eigenvalue weighted by Gasteiger charge is 2.20. The van der Waals surface area contributed by atoms with Gasteiger partial charge in [0.1, 0.15) is 0 Å². The van der Waals surface area contributed by atoms with E-state index in [4.69, 9.17) is 0 Å². The highest BCUT2D eigenvalue weighted by molar-refractivity contribution is 7.14. The highest BCUT2D eigenvalue weighted by Crippen LogP contribution is 2.38. The number of hydrogen-bond donors (Lipinski definition) is 0. The first-order chi connectivity index (χ1) is 17.8. The Balaban J connectivity index is 1.38. The van der Waals surface area contributed by atoms with E-state index < -0.39 is 0 Å². The van der Waals surface area contributed by atoms with Crippen LogP contribution < -0.4 is 0 Å². The van der Waals surface area contributed by atoms with Crippen LogP contribution in [0.4, 0.5) is 0 Å². The van der Waals surface area contributed by atoms with Crippen LogP contribution in [0.25, 0.3) is 43.1 Å². The third-order valence-electron chi connectivity index (χ3n) is 6.29. The third-order valence-corrected chi connectivity index (χ3v) is 8.21. The van der Waals surface area contributed by atoms with Gasteiger partial charge in [0, 0.05) is 32.0 Å². The molecule has 0 spiro atoms. The van der Waals surface area contributed by atoms with Gasteiger partial charge < -0.3 is 0 Å². The van der Waals surface area contributed by atoms with Gasteiger partial charge in [0.05, 0.1) is 0 Å². The Labute approximate surface area is 219 Å². The van der Waals surface area contributed by atoms with Crippen molar-refractivity contribution in [3.05, 3.63) is 143 Å². The summed E-state index contributed by atoms with van der Waals surface area (Å²) in [5.41, 5.74) is 8.11. The average molecular weight is 499 g/mol. The summed E-state index contributed by atoms with van der Waals surface area (Å²) in [6.07, 6.45) is 0. The average Bonchev–Trinajstić information content (AvgIpc) is 3.65. The maximum Gasteiger partial charge on any atom is 0.194 e. The van der Waals surface area contributed by atoms with Crippen molar-refractivity contribution in [2.75, 3.05) is 0 Å². The van der Waals surface area contributed by atoms with Crippen LogP contribution in [0.3, 0.4) is 0 Å². The van der Waals surface area contributed by atoms with Crippen LogP contribution in [-0.2, 0) is 0 Å². The van der Waals surface area contributed by atoms with Gasteiger partial charge in [0.2, 0.25) is 0 Å². The molecule has 0 bridgehead atoms. The van der Waals surface area contributed by atoms with Crippen molar-refractivity contribution in [3.63, 3.8) is 0 Å². The molecule has 6 rings (SSSR count). The van der Waals surface area contributed by atoms with Gasteiger partial charge in [-0.15, -0.1) is 22.7 Å². The smallest absolute Gasteiger partial charge is 0.194 e. The zero-order chi connectivity index (χ0) is 24.3. The van der Waals surface area contributed by atoms with Gasteiger partial charge in [0.15, 0.2) is 5.78 Å². The first-order valence-corrected chi connectivity index (χ1v) is 13.6. The van der Waals surface area contributed by atoms with E-state index in [-0.39, 0.29) is 5.78 Å². The van der Waals surface area contributed by atoms with E-state index in [0.29, 0.717) is 0 Å². The molecule has 0 aliphatic carbocycles. The van der Waals surface area contributed by atoms with Crippen molar-refractivity contribution in [3.8, 4) is 43.1 Å². The highest BCUT2D eigenvalue weighted by atomic mass is 32.1. The van der Waals surface area contributed by atoms with Crippen molar-refractivity contribution >= 4 is 28.5 Å². The molecular weight excluding hydrogens is 476 g/mol. The molecule has 0 saturated heterocycles.